The third-order valence-electron chi connectivity index (χ3n) is 11.3. The van der Waals surface area contributed by atoms with Gasteiger partial charge < -0.3 is 4.90 Å². The Kier molecular flexibility index (Phi) is 5.43. The van der Waals surface area contributed by atoms with Crippen molar-refractivity contribution in [2.75, 3.05) is 4.90 Å². The van der Waals surface area contributed by atoms with Gasteiger partial charge in [0.2, 0.25) is 0 Å². The summed E-state index contributed by atoms with van der Waals surface area (Å²) in [5.41, 5.74) is 6.89. The van der Waals surface area contributed by atoms with Gasteiger partial charge in [0, 0.05) is 37.2 Å². The molecule has 0 aliphatic heterocycles. The van der Waals surface area contributed by atoms with Crippen molar-refractivity contribution in [1.29, 1.82) is 0 Å². The van der Waals surface area contributed by atoms with E-state index < -0.39 is 0 Å². The summed E-state index contributed by atoms with van der Waals surface area (Å²) < 4.78 is 2.73. The minimum atomic E-state index is 0.775. The first-order chi connectivity index (χ1) is 19.8. The van der Waals surface area contributed by atoms with Crippen LogP contribution in [0.5, 0.6) is 0 Å². The Hall–Kier alpha value is -3.10. The van der Waals surface area contributed by atoms with Gasteiger partial charge >= 0.3 is 0 Å². The van der Waals surface area contributed by atoms with Crippen LogP contribution in [0.3, 0.4) is 0 Å². The van der Waals surface area contributed by atoms with E-state index in [1.807, 2.05) is 11.3 Å². The fraction of sp³-hybridized carbons (Fsp3) is 0.368. The molecule has 0 spiro atoms. The summed E-state index contributed by atoms with van der Waals surface area (Å²) in [5, 5.41) is 2.73. The average molecular weight is 540 g/mol. The van der Waals surface area contributed by atoms with Crippen LogP contribution in [0.15, 0.2) is 91.0 Å². The molecule has 1 heterocycles. The lowest BCUT2D eigenvalue weighted by atomic mass is 9.83. The molecule has 40 heavy (non-hydrogen) atoms. The van der Waals surface area contributed by atoms with Gasteiger partial charge in [0.1, 0.15) is 0 Å². The van der Waals surface area contributed by atoms with Crippen molar-refractivity contribution in [3.05, 3.63) is 102 Å². The predicted molar refractivity (Wildman–Crippen MR) is 170 cm³/mol. The van der Waals surface area contributed by atoms with E-state index in [1.54, 1.807) is 11.1 Å². The summed E-state index contributed by atoms with van der Waals surface area (Å²) >= 11 is 1.91. The average Bonchev–Trinajstić information content (AvgIpc) is 3.84. The van der Waals surface area contributed by atoms with E-state index in [9.17, 15) is 0 Å². The van der Waals surface area contributed by atoms with E-state index >= 15 is 0 Å². The Morgan fingerprint density at radius 1 is 0.500 bits per heavy atom. The largest absolute Gasteiger partial charge is 0.310 e. The van der Waals surface area contributed by atoms with Crippen molar-refractivity contribution in [3.63, 3.8) is 0 Å². The number of hydrogen-bond acceptors (Lipinski definition) is 2. The molecule has 0 N–H and O–H groups in total. The van der Waals surface area contributed by atoms with Gasteiger partial charge in [0.25, 0.3) is 0 Å². The maximum Gasteiger partial charge on any atom is 0.0476 e. The minimum absolute atomic E-state index is 0.775. The van der Waals surface area contributed by atoms with Gasteiger partial charge in [0.05, 0.1) is 0 Å². The quantitative estimate of drug-likeness (QED) is 0.215. The van der Waals surface area contributed by atoms with Gasteiger partial charge in [-0.3, -0.25) is 0 Å². The molecule has 4 aromatic carbocycles. The van der Waals surface area contributed by atoms with Crippen molar-refractivity contribution in [3.8, 4) is 0 Å². The molecule has 4 saturated carbocycles. The van der Waals surface area contributed by atoms with Crippen LogP contribution in [0.1, 0.15) is 74.3 Å². The van der Waals surface area contributed by atoms with Gasteiger partial charge in [-0.05, 0) is 128 Å². The van der Waals surface area contributed by atoms with Gasteiger partial charge in [-0.2, -0.15) is 0 Å². The van der Waals surface area contributed by atoms with Crippen LogP contribution in [-0.2, 0) is 0 Å². The summed E-state index contributed by atoms with van der Waals surface area (Å²) in [5.74, 6) is 5.34. The van der Waals surface area contributed by atoms with E-state index in [1.165, 1.54) is 88.6 Å². The summed E-state index contributed by atoms with van der Waals surface area (Å²) in [7, 11) is 0. The smallest absolute Gasteiger partial charge is 0.0476 e. The number of anilines is 3. The number of hydrogen-bond donors (Lipinski definition) is 0. The molecule has 1 nitrogen and oxygen atoms in total. The zero-order valence-corrected chi connectivity index (χ0v) is 24.0. The highest BCUT2D eigenvalue weighted by molar-refractivity contribution is 7.25. The normalized spacial score (nSPS) is 28.7. The van der Waals surface area contributed by atoms with Gasteiger partial charge in [-0.25, -0.2) is 0 Å². The minimum Gasteiger partial charge on any atom is -0.310 e. The van der Waals surface area contributed by atoms with Crippen LogP contribution < -0.4 is 4.90 Å². The van der Waals surface area contributed by atoms with Crippen LogP contribution in [0.2, 0.25) is 0 Å². The second kappa shape index (κ2) is 9.21. The van der Waals surface area contributed by atoms with Gasteiger partial charge in [-0.1, -0.05) is 61.4 Å². The van der Waals surface area contributed by atoms with E-state index in [-0.39, 0.29) is 0 Å². The number of rotatable bonds is 5. The third-order valence-corrected chi connectivity index (χ3v) is 12.4. The molecule has 6 unspecified atom stereocenters. The highest BCUT2D eigenvalue weighted by Gasteiger charge is 2.41. The Labute approximate surface area is 241 Å². The van der Waals surface area contributed by atoms with E-state index in [0.29, 0.717) is 0 Å². The first-order valence-electron chi connectivity index (χ1n) is 15.7. The summed E-state index contributed by atoms with van der Waals surface area (Å²) in [4.78, 5) is 2.49. The molecule has 4 bridgehead atoms. The molecule has 4 fully saturated rings. The number of thiophene rings is 1. The molecule has 0 amide bonds. The van der Waals surface area contributed by atoms with Crippen LogP contribution in [-0.4, -0.2) is 0 Å². The fourth-order valence-electron chi connectivity index (χ4n) is 9.35. The SMILES string of the molecule is c1ccc2c(c1)sc1cc(N(c3ccc(C4CC5CCC4C5)cc3)c3ccc(C4CC5CCC4C5)cc3)ccc12. The molecule has 0 radical (unpaired) electrons. The Bertz CT molecular complexity index is 1620. The lowest BCUT2D eigenvalue weighted by Gasteiger charge is -2.28. The monoisotopic (exact) mass is 539 g/mol. The molecule has 200 valence electrons. The summed E-state index contributed by atoms with van der Waals surface area (Å²) in [6.45, 7) is 0. The molecule has 5 aromatic rings. The highest BCUT2D eigenvalue weighted by Crippen LogP contribution is 2.54. The lowest BCUT2D eigenvalue weighted by Crippen LogP contribution is -2.12. The van der Waals surface area contributed by atoms with Crippen LogP contribution in [0.25, 0.3) is 20.2 Å². The van der Waals surface area contributed by atoms with Crippen LogP contribution in [0, 0.1) is 23.7 Å². The van der Waals surface area contributed by atoms with E-state index in [2.05, 4.69) is 95.9 Å². The van der Waals surface area contributed by atoms with E-state index in [0.717, 1.165) is 35.5 Å². The summed E-state index contributed by atoms with van der Waals surface area (Å²) in [6, 6.07) is 35.2. The maximum absolute atomic E-state index is 2.49. The van der Waals surface area contributed by atoms with Gasteiger partial charge in [0.15, 0.2) is 0 Å². The second-order valence-corrected chi connectivity index (χ2v) is 14.4. The Morgan fingerprint density at radius 3 is 1.60 bits per heavy atom. The number of fused-ring (bicyclic) bond motifs is 7. The Morgan fingerprint density at radius 2 is 1.05 bits per heavy atom. The molecule has 4 aliphatic rings. The molecule has 1 aromatic heterocycles. The zero-order chi connectivity index (χ0) is 26.2. The topological polar surface area (TPSA) is 3.24 Å². The van der Waals surface area contributed by atoms with Crippen molar-refractivity contribution in [2.24, 2.45) is 23.7 Å². The molecule has 6 atom stereocenters. The lowest BCUT2D eigenvalue weighted by molar-refractivity contribution is 0.420. The van der Waals surface area contributed by atoms with Crippen molar-refractivity contribution < 1.29 is 0 Å². The third kappa shape index (κ3) is 3.79. The van der Waals surface area contributed by atoms with Crippen LogP contribution >= 0.6 is 11.3 Å². The number of nitrogens with zero attached hydrogens (tertiary/aromatic N) is 1. The maximum atomic E-state index is 2.49. The molecule has 0 saturated heterocycles. The molecule has 4 aliphatic carbocycles. The molecule has 9 rings (SSSR count). The highest BCUT2D eigenvalue weighted by atomic mass is 32.1. The number of benzene rings is 4. The summed E-state index contributed by atoms with van der Waals surface area (Å²) in [6.07, 6.45) is 11.5. The van der Waals surface area contributed by atoms with Crippen molar-refractivity contribution in [1.82, 2.24) is 0 Å². The second-order valence-electron chi connectivity index (χ2n) is 13.4. The van der Waals surface area contributed by atoms with Crippen molar-refractivity contribution >= 4 is 48.6 Å². The first-order valence-corrected chi connectivity index (χ1v) is 16.5. The molecular weight excluding hydrogens is 502 g/mol. The Balaban J connectivity index is 1.10. The fourth-order valence-corrected chi connectivity index (χ4v) is 10.5. The standard InChI is InChI=1S/C38H37NS/c1-2-4-37-33(3-1)34-18-17-32(23-38(34)40-37)39(30-13-9-26(10-14-30)35-21-24-5-7-28(35)19-24)31-15-11-27(12-16-31)36-22-25-6-8-29(36)20-25/h1-4,9-18,23-25,28-29,35-36H,5-8,19-22H2. The molecule has 2 heteroatoms. The van der Waals surface area contributed by atoms with Crippen LogP contribution in [0.4, 0.5) is 17.1 Å². The van der Waals surface area contributed by atoms with Gasteiger partial charge in [-0.15, -0.1) is 11.3 Å². The van der Waals surface area contributed by atoms with Crippen molar-refractivity contribution in [2.45, 2.75) is 63.2 Å². The predicted octanol–water partition coefficient (Wildman–Crippen LogP) is 11.3. The molecular formula is C38H37NS. The van der Waals surface area contributed by atoms with E-state index in [4.69, 9.17) is 0 Å². The zero-order valence-electron chi connectivity index (χ0n) is 23.1. The first kappa shape index (κ1) is 23.6.